The smallest absolute Gasteiger partial charge is 0.279 e. The lowest BCUT2D eigenvalue weighted by Gasteiger charge is -2.01. The first-order valence-electron chi connectivity index (χ1n) is 3.30. The Morgan fingerprint density at radius 1 is 1.73 bits per heavy atom. The monoisotopic (exact) mass is 176 g/mol. The molecule has 0 saturated carbocycles. The molecule has 64 valence electrons. The topological polar surface area (TPSA) is 61.7 Å². The summed E-state index contributed by atoms with van der Waals surface area (Å²) in [5.41, 5.74) is 0. The standard InChI is InChI=1S/C6H12N2O2S/c1-3-4-7-5(9)6(8-10)11-2/h10H,3-4H2,1-2H3,(H,7,9)/b8-6-. The minimum atomic E-state index is -0.318. The molecular weight excluding hydrogens is 164 g/mol. The van der Waals surface area contributed by atoms with Crippen molar-refractivity contribution >= 4 is 22.7 Å². The number of nitrogens with zero attached hydrogens (tertiary/aromatic N) is 1. The Labute approximate surface area is 70.0 Å². The van der Waals surface area contributed by atoms with Crippen molar-refractivity contribution in [1.29, 1.82) is 0 Å². The normalized spacial score (nSPS) is 11.3. The Kier molecular flexibility index (Phi) is 5.64. The number of carbonyl (C=O) groups is 1. The fourth-order valence-electron chi connectivity index (χ4n) is 0.493. The molecule has 0 radical (unpaired) electrons. The molecule has 0 fully saturated rings. The van der Waals surface area contributed by atoms with Gasteiger partial charge < -0.3 is 10.5 Å². The lowest BCUT2D eigenvalue weighted by Crippen LogP contribution is -2.29. The van der Waals surface area contributed by atoms with Crippen LogP contribution in [-0.4, -0.2) is 29.0 Å². The van der Waals surface area contributed by atoms with E-state index in [0.717, 1.165) is 18.2 Å². The molecule has 2 N–H and O–H groups in total. The van der Waals surface area contributed by atoms with E-state index in [2.05, 4.69) is 10.5 Å². The number of hydrogen-bond donors (Lipinski definition) is 2. The zero-order valence-electron chi connectivity index (χ0n) is 6.63. The van der Waals surface area contributed by atoms with Crippen LogP contribution in [0.1, 0.15) is 13.3 Å². The van der Waals surface area contributed by atoms with Gasteiger partial charge in [-0.2, -0.15) is 0 Å². The van der Waals surface area contributed by atoms with Gasteiger partial charge in [-0.3, -0.25) is 4.79 Å². The minimum Gasteiger partial charge on any atom is -0.410 e. The molecule has 0 spiro atoms. The number of amides is 1. The number of rotatable bonds is 2. The molecule has 11 heavy (non-hydrogen) atoms. The SMILES string of the molecule is CCCNC(=O)/C(=N/O)SC. The Balaban J connectivity index is 3.81. The second-order valence-corrected chi connectivity index (χ2v) is 2.66. The number of oxime groups is 1. The lowest BCUT2D eigenvalue weighted by molar-refractivity contribution is -0.114. The van der Waals surface area contributed by atoms with Gasteiger partial charge in [-0.1, -0.05) is 12.1 Å². The van der Waals surface area contributed by atoms with Gasteiger partial charge in [-0.25, -0.2) is 0 Å². The van der Waals surface area contributed by atoms with Crippen molar-refractivity contribution in [3.8, 4) is 0 Å². The third-order valence-corrected chi connectivity index (χ3v) is 1.67. The van der Waals surface area contributed by atoms with Gasteiger partial charge in [0.25, 0.3) is 5.91 Å². The highest BCUT2D eigenvalue weighted by Crippen LogP contribution is 1.96. The van der Waals surface area contributed by atoms with Gasteiger partial charge in [0.2, 0.25) is 0 Å². The fourth-order valence-corrected chi connectivity index (χ4v) is 0.832. The van der Waals surface area contributed by atoms with Crippen molar-refractivity contribution < 1.29 is 10.0 Å². The van der Waals surface area contributed by atoms with Crippen molar-refractivity contribution in [2.24, 2.45) is 5.16 Å². The molecule has 0 bridgehead atoms. The van der Waals surface area contributed by atoms with Gasteiger partial charge in [0.15, 0.2) is 5.04 Å². The summed E-state index contributed by atoms with van der Waals surface area (Å²) >= 11 is 1.12. The highest BCUT2D eigenvalue weighted by Gasteiger charge is 2.08. The van der Waals surface area contributed by atoms with Crippen LogP contribution in [0, 0.1) is 0 Å². The van der Waals surface area contributed by atoms with Crippen LogP contribution in [0.5, 0.6) is 0 Å². The van der Waals surface area contributed by atoms with Crippen molar-refractivity contribution in [3.05, 3.63) is 0 Å². The first-order valence-corrected chi connectivity index (χ1v) is 4.53. The molecule has 0 unspecified atom stereocenters. The molecular formula is C6H12N2O2S. The molecule has 0 aromatic rings. The summed E-state index contributed by atoms with van der Waals surface area (Å²) in [5.74, 6) is -0.318. The molecule has 0 aliphatic carbocycles. The molecule has 5 heteroatoms. The first kappa shape index (κ1) is 10.3. The Morgan fingerprint density at radius 2 is 2.36 bits per heavy atom. The Bertz CT molecular complexity index is 159. The molecule has 0 rings (SSSR count). The summed E-state index contributed by atoms with van der Waals surface area (Å²) < 4.78 is 0. The summed E-state index contributed by atoms with van der Waals surface area (Å²) in [7, 11) is 0. The first-order chi connectivity index (χ1) is 5.26. The largest absolute Gasteiger partial charge is 0.410 e. The summed E-state index contributed by atoms with van der Waals surface area (Å²) in [6, 6.07) is 0. The quantitative estimate of drug-likeness (QED) is 0.281. The average Bonchev–Trinajstić information content (AvgIpc) is 2.03. The van der Waals surface area contributed by atoms with Crippen molar-refractivity contribution in [2.45, 2.75) is 13.3 Å². The molecule has 0 heterocycles. The van der Waals surface area contributed by atoms with Crippen LogP contribution < -0.4 is 5.32 Å². The van der Waals surface area contributed by atoms with Crippen LogP contribution in [0.4, 0.5) is 0 Å². The molecule has 0 saturated heterocycles. The van der Waals surface area contributed by atoms with Crippen molar-refractivity contribution in [3.63, 3.8) is 0 Å². The summed E-state index contributed by atoms with van der Waals surface area (Å²) in [6.07, 6.45) is 2.55. The number of thioether (sulfide) groups is 1. The van der Waals surface area contributed by atoms with Crippen molar-refractivity contribution in [2.75, 3.05) is 12.8 Å². The Morgan fingerprint density at radius 3 is 2.73 bits per heavy atom. The van der Waals surface area contributed by atoms with Crippen LogP contribution in [0.15, 0.2) is 5.16 Å². The summed E-state index contributed by atoms with van der Waals surface area (Å²) in [4.78, 5) is 10.9. The zero-order valence-corrected chi connectivity index (χ0v) is 7.44. The molecule has 0 atom stereocenters. The van der Waals surface area contributed by atoms with Gasteiger partial charge >= 0.3 is 0 Å². The molecule has 0 aliphatic rings. The zero-order chi connectivity index (χ0) is 8.69. The van der Waals surface area contributed by atoms with Crippen LogP contribution in [-0.2, 0) is 4.79 Å². The predicted octanol–water partition coefficient (Wildman–Crippen LogP) is 0.663. The van der Waals surface area contributed by atoms with E-state index in [1.54, 1.807) is 6.26 Å². The fraction of sp³-hybridized carbons (Fsp3) is 0.667. The molecule has 1 amide bonds. The molecule has 4 nitrogen and oxygen atoms in total. The average molecular weight is 176 g/mol. The van der Waals surface area contributed by atoms with Gasteiger partial charge in [-0.05, 0) is 12.7 Å². The maximum Gasteiger partial charge on any atom is 0.279 e. The van der Waals surface area contributed by atoms with E-state index >= 15 is 0 Å². The summed E-state index contributed by atoms with van der Waals surface area (Å²) in [5, 5.41) is 13.8. The van der Waals surface area contributed by atoms with E-state index in [1.165, 1.54) is 0 Å². The van der Waals surface area contributed by atoms with E-state index < -0.39 is 0 Å². The van der Waals surface area contributed by atoms with E-state index in [4.69, 9.17) is 5.21 Å². The maximum absolute atomic E-state index is 10.9. The van der Waals surface area contributed by atoms with E-state index in [0.29, 0.717) is 6.54 Å². The second-order valence-electron chi connectivity index (χ2n) is 1.87. The molecule has 0 aromatic heterocycles. The maximum atomic E-state index is 10.9. The third kappa shape index (κ3) is 3.87. The van der Waals surface area contributed by atoms with Crippen LogP contribution in [0.2, 0.25) is 0 Å². The van der Waals surface area contributed by atoms with Crippen molar-refractivity contribution in [1.82, 2.24) is 5.32 Å². The number of hydrogen-bond acceptors (Lipinski definition) is 4. The summed E-state index contributed by atoms with van der Waals surface area (Å²) in [6.45, 7) is 2.56. The van der Waals surface area contributed by atoms with Crippen LogP contribution in [0.25, 0.3) is 0 Å². The van der Waals surface area contributed by atoms with Gasteiger partial charge in [0.1, 0.15) is 0 Å². The molecule has 0 aromatic carbocycles. The predicted molar refractivity (Wildman–Crippen MR) is 46.0 cm³/mol. The lowest BCUT2D eigenvalue weighted by atomic mass is 10.5. The van der Waals surface area contributed by atoms with E-state index in [9.17, 15) is 4.79 Å². The highest BCUT2D eigenvalue weighted by atomic mass is 32.2. The van der Waals surface area contributed by atoms with Crippen LogP contribution in [0.3, 0.4) is 0 Å². The van der Waals surface area contributed by atoms with Gasteiger partial charge in [0.05, 0.1) is 0 Å². The second kappa shape index (κ2) is 6.03. The van der Waals surface area contributed by atoms with E-state index in [1.807, 2.05) is 6.92 Å². The third-order valence-electron chi connectivity index (χ3n) is 1.01. The minimum absolute atomic E-state index is 0.0958. The highest BCUT2D eigenvalue weighted by molar-refractivity contribution is 8.15. The van der Waals surface area contributed by atoms with E-state index in [-0.39, 0.29) is 11.0 Å². The Hall–Kier alpha value is -0.710. The van der Waals surface area contributed by atoms with Gasteiger partial charge in [0, 0.05) is 6.54 Å². The number of carbonyl (C=O) groups excluding carboxylic acids is 1. The number of nitrogens with one attached hydrogen (secondary N) is 1. The molecule has 0 aliphatic heterocycles. The van der Waals surface area contributed by atoms with Crippen LogP contribution >= 0.6 is 11.8 Å². The van der Waals surface area contributed by atoms with Gasteiger partial charge in [-0.15, -0.1) is 11.8 Å².